The Hall–Kier alpha value is -10.3. The van der Waals surface area contributed by atoms with E-state index in [-0.39, 0.29) is 43.3 Å². The van der Waals surface area contributed by atoms with Crippen molar-refractivity contribution < 1.29 is 0 Å². The minimum Gasteiger partial charge on any atom is -0.361 e. The van der Waals surface area contributed by atoms with E-state index in [1.807, 2.05) is 55.1 Å². The van der Waals surface area contributed by atoms with Crippen molar-refractivity contribution in [1.82, 2.24) is 45.1 Å². The molecule has 0 saturated carbocycles. The largest absolute Gasteiger partial charge is 0.361 e. The third-order valence-electron chi connectivity index (χ3n) is 19.3. The van der Waals surface area contributed by atoms with E-state index in [0.717, 1.165) is 50.7 Å². The second kappa shape index (κ2) is 33.3. The number of benzene rings is 8. The van der Waals surface area contributed by atoms with Crippen LogP contribution in [-0.2, 0) is 49.7 Å². The molecule has 0 atom stereocenters. The first-order valence-electron chi connectivity index (χ1n) is 38.0. The molecule has 0 saturated heterocycles. The van der Waals surface area contributed by atoms with E-state index in [1.165, 1.54) is 88.0 Å². The number of fused-ring (bicyclic) bond motifs is 8. The average molecular weight is 1420 g/mol. The molecule has 7 heterocycles. The highest BCUT2D eigenvalue weighted by Crippen LogP contribution is 2.33. The molecule has 9 nitrogen and oxygen atoms in total. The highest BCUT2D eigenvalue weighted by molar-refractivity contribution is 5.84. The van der Waals surface area contributed by atoms with E-state index < -0.39 is 0 Å². The fourth-order valence-corrected chi connectivity index (χ4v) is 12.0. The number of nitrogens with zero attached hydrogens (tertiary/aromatic N) is 5. The molecular weight excluding hydrogens is 1300 g/mol. The summed E-state index contributed by atoms with van der Waals surface area (Å²) in [6.45, 7) is 53.2. The van der Waals surface area contributed by atoms with Gasteiger partial charge >= 0.3 is 0 Å². The van der Waals surface area contributed by atoms with Crippen LogP contribution in [0.2, 0.25) is 0 Å². The van der Waals surface area contributed by atoms with Crippen LogP contribution >= 0.6 is 0 Å². The molecule has 0 aliphatic heterocycles. The number of hydrogen-bond acceptors (Lipinski definition) is 5. The number of imidazole rings is 1. The van der Waals surface area contributed by atoms with Crippen LogP contribution in [0.3, 0.4) is 0 Å². The standard InChI is InChI=1S/C14H16.2C13H15N.C13H16.C12H15N.3C11H14N2/c1-14(2,3)13-9-8-11-6-4-5-7-12(11)10-13;1-13(2,3)11-8-10-6-4-5-7-12(10)14-9-11;1-13(2,3)12-9-8-10-6-4-5-7-11(10)14-12;1-13(2,3)12-8-7-10-5-4-6-11(10)9-12;1-12(2,3)10-5-4-9-6-7-13-11(9)8-10;1-11(2,3)9-5-4-8-7-12-13-10(8)6-9;1-11(2,3)8-4-5-9-10(6-8)13-7-12-9;1-11(2,3)10-7-9-8(13-10)5-4-6-12-9/h4-10H,1-3H3;2*4-9H,1-3H3;4,6-9H,5H2,1-3H3;4-8,13H,1-3H3;2*4-7H,1-3H3,(H,12,13);4-7,13H,1-3H3. The zero-order valence-corrected chi connectivity index (χ0v) is 68.6. The van der Waals surface area contributed by atoms with Crippen molar-refractivity contribution in [3.8, 4) is 0 Å². The van der Waals surface area contributed by atoms with Crippen LogP contribution in [0.4, 0.5) is 0 Å². The Balaban J connectivity index is 0.000000141. The maximum atomic E-state index is 4.65. The summed E-state index contributed by atoms with van der Waals surface area (Å²) in [6.07, 6.45) is 14.9. The molecule has 0 radical (unpaired) electrons. The summed E-state index contributed by atoms with van der Waals surface area (Å²) in [5.74, 6) is 0. The predicted molar refractivity (Wildman–Crippen MR) is 463 cm³/mol. The minimum atomic E-state index is 0.129. The summed E-state index contributed by atoms with van der Waals surface area (Å²) in [5, 5.41) is 14.5. The average Bonchev–Trinajstić information content (AvgIpc) is 1.26. The number of allylic oxidation sites excluding steroid dienone is 1. The first-order chi connectivity index (χ1) is 50.1. The topological polar surface area (TPSA) is 128 Å². The van der Waals surface area contributed by atoms with Crippen molar-refractivity contribution in [3.63, 3.8) is 0 Å². The zero-order chi connectivity index (χ0) is 77.9. The Morgan fingerprint density at radius 2 is 0.822 bits per heavy atom. The Bertz CT molecular complexity index is 4950. The first kappa shape index (κ1) is 80.8. The highest BCUT2D eigenvalue weighted by atomic mass is 15.1. The van der Waals surface area contributed by atoms with Gasteiger partial charge in [0, 0.05) is 62.5 Å². The molecule has 0 bridgehead atoms. The molecule has 0 spiro atoms. The van der Waals surface area contributed by atoms with E-state index >= 15 is 0 Å². The smallest absolute Gasteiger partial charge is 0.0931 e. The number of para-hydroxylation sites is 2. The Morgan fingerprint density at radius 1 is 0.308 bits per heavy atom. The van der Waals surface area contributed by atoms with E-state index in [9.17, 15) is 0 Å². The monoisotopic (exact) mass is 1420 g/mol. The van der Waals surface area contributed by atoms with Crippen molar-refractivity contribution in [1.29, 1.82) is 0 Å². The van der Waals surface area contributed by atoms with Gasteiger partial charge in [0.25, 0.3) is 0 Å². The van der Waals surface area contributed by atoms with Crippen LogP contribution in [-0.4, -0.2) is 45.1 Å². The number of pyridine rings is 3. The summed E-state index contributed by atoms with van der Waals surface area (Å²) in [7, 11) is 0. The van der Waals surface area contributed by atoms with E-state index in [2.05, 4.69) is 399 Å². The highest BCUT2D eigenvalue weighted by Gasteiger charge is 2.21. The molecule has 556 valence electrons. The van der Waals surface area contributed by atoms with Gasteiger partial charge < -0.3 is 15.0 Å². The third-order valence-corrected chi connectivity index (χ3v) is 19.3. The normalized spacial score (nSPS) is 12.4. The maximum Gasteiger partial charge on any atom is 0.0931 e. The molecular formula is C98H119N9. The number of rotatable bonds is 0. The summed E-state index contributed by atoms with van der Waals surface area (Å²) < 4.78 is 0. The maximum absolute atomic E-state index is 4.65. The molecule has 1 aliphatic rings. The quantitative estimate of drug-likeness (QED) is 0.120. The fraction of sp³-hybridized carbons (Fsp3) is 0.337. The summed E-state index contributed by atoms with van der Waals surface area (Å²) in [4.78, 5) is 27.3. The van der Waals surface area contributed by atoms with Crippen LogP contribution in [0.25, 0.3) is 82.5 Å². The molecule has 8 aromatic carbocycles. The Kier molecular flexibility index (Phi) is 25.1. The van der Waals surface area contributed by atoms with Crippen molar-refractivity contribution in [2.75, 3.05) is 0 Å². The molecule has 0 amide bonds. The second-order valence-corrected chi connectivity index (χ2v) is 36.6. The van der Waals surface area contributed by atoms with Gasteiger partial charge in [0.15, 0.2) is 0 Å². The third kappa shape index (κ3) is 22.7. The SMILES string of the molecule is CC(C)(C)c1cc2ncccc2[nH]1.CC(C)(C)c1ccc2c(c1)C=CC2.CC(C)(C)c1ccc2cc[nH]c2c1.CC(C)(C)c1ccc2ccccc2c1.CC(C)(C)c1ccc2ccccc2n1.CC(C)(C)c1ccc2cn[nH]c2c1.CC(C)(C)c1ccc2nc[nH]c2c1.CC(C)(C)c1cnc2ccccc2c1. The van der Waals surface area contributed by atoms with Gasteiger partial charge in [-0.25, -0.2) is 4.98 Å². The van der Waals surface area contributed by atoms with E-state index in [1.54, 1.807) is 6.33 Å². The van der Waals surface area contributed by atoms with Gasteiger partial charge in [0.05, 0.1) is 51.1 Å². The minimum absolute atomic E-state index is 0.129. The number of aromatic amines is 4. The summed E-state index contributed by atoms with van der Waals surface area (Å²) in [5.41, 5.74) is 23.9. The molecule has 1 aliphatic carbocycles. The second-order valence-electron chi connectivity index (χ2n) is 36.6. The zero-order valence-electron chi connectivity index (χ0n) is 68.6. The first-order valence-corrected chi connectivity index (χ1v) is 38.0. The van der Waals surface area contributed by atoms with Gasteiger partial charge in [-0.05, 0) is 172 Å². The van der Waals surface area contributed by atoms with Crippen molar-refractivity contribution in [2.45, 2.75) is 216 Å². The molecule has 9 heteroatoms. The van der Waals surface area contributed by atoms with Gasteiger partial charge in [-0.1, -0.05) is 312 Å². The summed E-state index contributed by atoms with van der Waals surface area (Å²) in [6, 6.07) is 72.6. The number of H-pyrrole nitrogens is 4. The Morgan fingerprint density at radius 3 is 1.44 bits per heavy atom. The lowest BCUT2D eigenvalue weighted by Crippen LogP contribution is -2.13. The van der Waals surface area contributed by atoms with Gasteiger partial charge in [0.2, 0.25) is 0 Å². The molecule has 15 aromatic rings. The summed E-state index contributed by atoms with van der Waals surface area (Å²) >= 11 is 0. The van der Waals surface area contributed by atoms with E-state index in [4.69, 9.17) is 0 Å². The lowest BCUT2D eigenvalue weighted by atomic mass is 9.85. The van der Waals surface area contributed by atoms with Crippen LogP contribution in [0.1, 0.15) is 222 Å². The van der Waals surface area contributed by atoms with Crippen molar-refractivity contribution in [3.05, 3.63) is 299 Å². The molecule has 4 N–H and O–H groups in total. The Labute approximate surface area is 639 Å². The van der Waals surface area contributed by atoms with Crippen molar-refractivity contribution in [2.24, 2.45) is 0 Å². The molecule has 16 rings (SSSR count). The van der Waals surface area contributed by atoms with Crippen LogP contribution in [0.15, 0.2) is 243 Å². The molecule has 0 fully saturated rings. The van der Waals surface area contributed by atoms with Crippen LogP contribution < -0.4 is 0 Å². The number of nitrogens with one attached hydrogen (secondary N) is 4. The molecule has 7 aromatic heterocycles. The molecule has 0 unspecified atom stereocenters. The van der Waals surface area contributed by atoms with Gasteiger partial charge in [0.1, 0.15) is 0 Å². The molecule has 107 heavy (non-hydrogen) atoms. The number of hydrogen-bond donors (Lipinski definition) is 4. The van der Waals surface area contributed by atoms with Crippen molar-refractivity contribution >= 4 is 82.5 Å². The van der Waals surface area contributed by atoms with Crippen LogP contribution in [0, 0.1) is 0 Å². The predicted octanol–water partition coefficient (Wildman–Crippen LogP) is 26.8. The van der Waals surface area contributed by atoms with Gasteiger partial charge in [-0.15, -0.1) is 0 Å². The lowest BCUT2D eigenvalue weighted by Gasteiger charge is -2.19. The van der Waals surface area contributed by atoms with Gasteiger partial charge in [-0.3, -0.25) is 20.1 Å². The fourth-order valence-electron chi connectivity index (χ4n) is 12.0. The van der Waals surface area contributed by atoms with E-state index in [0.29, 0.717) is 0 Å². The number of aromatic nitrogens is 9. The van der Waals surface area contributed by atoms with Gasteiger partial charge in [-0.2, -0.15) is 5.10 Å². The lowest BCUT2D eigenvalue weighted by molar-refractivity contribution is 0.571. The van der Waals surface area contributed by atoms with Crippen LogP contribution in [0.5, 0.6) is 0 Å².